The second kappa shape index (κ2) is 3.38. The Kier molecular flexibility index (Phi) is 2.08. The Hall–Kier alpha value is -1.72. The van der Waals surface area contributed by atoms with Gasteiger partial charge in [0.25, 0.3) is 11.8 Å². The second-order valence-electron chi connectivity index (χ2n) is 4.45. The van der Waals surface area contributed by atoms with E-state index in [9.17, 15) is 14.7 Å². The van der Waals surface area contributed by atoms with E-state index in [0.29, 0.717) is 24.0 Å². The summed E-state index contributed by atoms with van der Waals surface area (Å²) < 4.78 is 0. The SMILES string of the molecule is O=C1c2ccccc2C(=O)N1OCC1(O)CC1. The van der Waals surface area contributed by atoms with Crippen LogP contribution in [0, 0.1) is 0 Å². The molecular formula is C12H11NO4. The van der Waals surface area contributed by atoms with Gasteiger partial charge in [0.05, 0.1) is 16.7 Å². The predicted octanol–water partition coefficient (Wildman–Crippen LogP) is 0.739. The van der Waals surface area contributed by atoms with Crippen LogP contribution in [0.2, 0.25) is 0 Å². The molecule has 5 heteroatoms. The van der Waals surface area contributed by atoms with E-state index in [0.717, 1.165) is 5.06 Å². The topological polar surface area (TPSA) is 66.8 Å². The van der Waals surface area contributed by atoms with Crippen LogP contribution in [0.25, 0.3) is 0 Å². The summed E-state index contributed by atoms with van der Waals surface area (Å²) in [5.74, 6) is -0.926. The fraction of sp³-hybridized carbons (Fsp3) is 0.333. The minimum atomic E-state index is -0.852. The van der Waals surface area contributed by atoms with Crippen LogP contribution in [-0.4, -0.2) is 34.2 Å². The molecule has 1 aliphatic heterocycles. The summed E-state index contributed by atoms with van der Waals surface area (Å²) in [6.45, 7) is -0.0154. The Morgan fingerprint density at radius 2 is 1.71 bits per heavy atom. The van der Waals surface area contributed by atoms with E-state index in [2.05, 4.69) is 0 Å². The zero-order valence-electron chi connectivity index (χ0n) is 9.05. The number of carbonyl (C=O) groups is 2. The minimum Gasteiger partial charge on any atom is -0.387 e. The van der Waals surface area contributed by atoms with Gasteiger partial charge in [0.1, 0.15) is 6.61 Å². The smallest absolute Gasteiger partial charge is 0.285 e. The van der Waals surface area contributed by atoms with Crippen LogP contribution in [0.1, 0.15) is 33.6 Å². The van der Waals surface area contributed by atoms with Crippen molar-refractivity contribution in [2.75, 3.05) is 6.61 Å². The number of amides is 2. The van der Waals surface area contributed by atoms with Gasteiger partial charge >= 0.3 is 0 Å². The van der Waals surface area contributed by atoms with Gasteiger partial charge in [-0.15, -0.1) is 5.06 Å². The Balaban J connectivity index is 1.80. The van der Waals surface area contributed by atoms with Crippen molar-refractivity contribution < 1.29 is 19.5 Å². The molecule has 3 rings (SSSR count). The van der Waals surface area contributed by atoms with Crippen molar-refractivity contribution in [1.82, 2.24) is 5.06 Å². The van der Waals surface area contributed by atoms with Crippen LogP contribution >= 0.6 is 0 Å². The molecule has 0 saturated heterocycles. The maximum absolute atomic E-state index is 11.8. The lowest BCUT2D eigenvalue weighted by Gasteiger charge is -2.15. The van der Waals surface area contributed by atoms with Gasteiger partial charge in [-0.3, -0.25) is 14.4 Å². The van der Waals surface area contributed by atoms with Gasteiger partial charge in [-0.05, 0) is 25.0 Å². The molecule has 88 valence electrons. The molecule has 1 aromatic carbocycles. The van der Waals surface area contributed by atoms with Crippen LogP contribution in [0.4, 0.5) is 0 Å². The highest BCUT2D eigenvalue weighted by molar-refractivity contribution is 6.20. The van der Waals surface area contributed by atoms with E-state index in [1.165, 1.54) is 0 Å². The molecule has 0 aromatic heterocycles. The lowest BCUT2D eigenvalue weighted by atomic mass is 10.1. The number of hydrogen-bond acceptors (Lipinski definition) is 4. The largest absolute Gasteiger partial charge is 0.387 e. The van der Waals surface area contributed by atoms with Crippen LogP contribution in [-0.2, 0) is 4.84 Å². The fourth-order valence-electron chi connectivity index (χ4n) is 1.76. The van der Waals surface area contributed by atoms with Gasteiger partial charge in [-0.2, -0.15) is 0 Å². The summed E-state index contributed by atoms with van der Waals surface area (Å²) in [5, 5.41) is 10.3. The number of hydrogen-bond donors (Lipinski definition) is 1. The summed E-state index contributed by atoms with van der Waals surface area (Å²) in [4.78, 5) is 28.8. The van der Waals surface area contributed by atoms with Crippen LogP contribution in [0.15, 0.2) is 24.3 Å². The van der Waals surface area contributed by atoms with E-state index in [-0.39, 0.29) is 6.61 Å². The van der Waals surface area contributed by atoms with Crippen molar-refractivity contribution >= 4 is 11.8 Å². The molecule has 1 N–H and O–H groups in total. The molecule has 2 aliphatic rings. The Bertz CT molecular complexity index is 472. The first-order valence-electron chi connectivity index (χ1n) is 5.44. The van der Waals surface area contributed by atoms with Gasteiger partial charge in [-0.25, -0.2) is 0 Å². The minimum absolute atomic E-state index is 0.0154. The summed E-state index contributed by atoms with van der Waals surface area (Å²) in [6, 6.07) is 6.57. The number of aliphatic hydroxyl groups is 1. The van der Waals surface area contributed by atoms with Crippen LogP contribution < -0.4 is 0 Å². The van der Waals surface area contributed by atoms with Gasteiger partial charge < -0.3 is 5.11 Å². The van der Waals surface area contributed by atoms with E-state index < -0.39 is 17.4 Å². The van der Waals surface area contributed by atoms with E-state index >= 15 is 0 Å². The summed E-state index contributed by atoms with van der Waals surface area (Å²) >= 11 is 0. The number of imide groups is 1. The van der Waals surface area contributed by atoms with Gasteiger partial charge in [-0.1, -0.05) is 12.1 Å². The first-order valence-corrected chi connectivity index (χ1v) is 5.44. The number of rotatable bonds is 3. The van der Waals surface area contributed by atoms with E-state index in [1.807, 2.05) is 0 Å². The van der Waals surface area contributed by atoms with Crippen LogP contribution in [0.3, 0.4) is 0 Å². The highest BCUT2D eigenvalue weighted by atomic mass is 16.7. The first-order chi connectivity index (χ1) is 8.11. The van der Waals surface area contributed by atoms with Crippen molar-refractivity contribution in [3.05, 3.63) is 35.4 Å². The highest BCUT2D eigenvalue weighted by Crippen LogP contribution is 2.36. The standard InChI is InChI=1S/C12H11NO4/c14-10-8-3-1-2-4-9(8)11(15)13(10)17-7-12(16)5-6-12/h1-4,16H,5-7H2. The molecule has 1 fully saturated rings. The molecule has 2 amide bonds. The van der Waals surface area contributed by atoms with Crippen molar-refractivity contribution in [3.8, 4) is 0 Å². The molecule has 0 bridgehead atoms. The third kappa shape index (κ3) is 1.64. The number of nitrogens with zero attached hydrogens (tertiary/aromatic N) is 1. The van der Waals surface area contributed by atoms with Crippen LogP contribution in [0.5, 0.6) is 0 Å². The molecule has 1 aliphatic carbocycles. The van der Waals surface area contributed by atoms with Crippen molar-refractivity contribution in [2.24, 2.45) is 0 Å². The summed E-state index contributed by atoms with van der Waals surface area (Å²) in [7, 11) is 0. The Morgan fingerprint density at radius 3 is 2.18 bits per heavy atom. The number of carbonyl (C=O) groups excluding carboxylic acids is 2. The molecule has 0 spiro atoms. The zero-order chi connectivity index (χ0) is 12.0. The molecule has 1 aromatic rings. The molecule has 0 radical (unpaired) electrons. The molecule has 5 nitrogen and oxygen atoms in total. The molecule has 1 saturated carbocycles. The quantitative estimate of drug-likeness (QED) is 0.782. The maximum atomic E-state index is 11.8. The Labute approximate surface area is 97.6 Å². The molecule has 17 heavy (non-hydrogen) atoms. The van der Waals surface area contributed by atoms with Gasteiger partial charge in [0, 0.05) is 0 Å². The van der Waals surface area contributed by atoms with E-state index in [4.69, 9.17) is 4.84 Å². The zero-order valence-corrected chi connectivity index (χ0v) is 9.05. The lowest BCUT2D eigenvalue weighted by Crippen LogP contribution is -2.33. The fourth-order valence-corrected chi connectivity index (χ4v) is 1.76. The van der Waals surface area contributed by atoms with Crippen molar-refractivity contribution in [3.63, 3.8) is 0 Å². The van der Waals surface area contributed by atoms with E-state index in [1.54, 1.807) is 24.3 Å². The number of hydroxylamine groups is 2. The summed E-state index contributed by atoms with van der Waals surface area (Å²) in [6.07, 6.45) is 1.30. The molecule has 0 atom stereocenters. The lowest BCUT2D eigenvalue weighted by molar-refractivity contribution is -0.121. The average Bonchev–Trinajstić information content (AvgIpc) is 3.01. The monoisotopic (exact) mass is 233 g/mol. The number of fused-ring (bicyclic) bond motifs is 1. The predicted molar refractivity (Wildman–Crippen MR) is 57.1 cm³/mol. The van der Waals surface area contributed by atoms with Crippen molar-refractivity contribution in [1.29, 1.82) is 0 Å². The third-order valence-electron chi connectivity index (χ3n) is 3.05. The van der Waals surface area contributed by atoms with Gasteiger partial charge in [0.2, 0.25) is 0 Å². The number of benzene rings is 1. The summed E-state index contributed by atoms with van der Waals surface area (Å²) in [5.41, 5.74) is -0.157. The first kappa shape index (κ1) is 10.4. The average molecular weight is 233 g/mol. The maximum Gasteiger partial charge on any atom is 0.285 e. The van der Waals surface area contributed by atoms with Gasteiger partial charge in [0.15, 0.2) is 0 Å². The highest BCUT2D eigenvalue weighted by Gasteiger charge is 2.44. The molecule has 1 heterocycles. The molecule has 0 unspecified atom stereocenters. The Morgan fingerprint density at radius 1 is 1.18 bits per heavy atom. The normalized spacial score (nSPS) is 20.6. The second-order valence-corrected chi connectivity index (χ2v) is 4.45. The molecular weight excluding hydrogens is 222 g/mol. The van der Waals surface area contributed by atoms with Crippen molar-refractivity contribution in [2.45, 2.75) is 18.4 Å². The third-order valence-corrected chi connectivity index (χ3v) is 3.05.